The Balaban J connectivity index is 1.79. The van der Waals surface area contributed by atoms with Gasteiger partial charge in [-0.05, 0) is 59.0 Å². The first kappa shape index (κ1) is 17.2. The van der Waals surface area contributed by atoms with Crippen LogP contribution in [0, 0.1) is 9.49 Å². The average Bonchev–Trinajstić information content (AvgIpc) is 2.60. The monoisotopic (exact) mass is 448 g/mol. The van der Waals surface area contributed by atoms with Gasteiger partial charge in [-0.25, -0.2) is 9.69 Å². The lowest BCUT2D eigenvalue weighted by Gasteiger charge is -2.28. The van der Waals surface area contributed by atoms with Gasteiger partial charge in [0.1, 0.15) is 0 Å². The number of amides is 4. The summed E-state index contributed by atoms with van der Waals surface area (Å²) < 4.78 is 0.968. The Morgan fingerprint density at radius 2 is 1.92 bits per heavy atom. The number of halogens is 1. The third kappa shape index (κ3) is 3.90. The number of nitrogens with zero attached hydrogens (tertiary/aromatic N) is 3. The predicted octanol–water partition coefficient (Wildman–Crippen LogP) is 2.16. The maximum Gasteiger partial charge on any atom is 0.335 e. The maximum atomic E-state index is 12.6. The molecule has 0 radical (unpaired) electrons. The largest absolute Gasteiger partial charge is 0.335 e. The number of anilines is 1. The van der Waals surface area contributed by atoms with Crippen molar-refractivity contribution in [2.75, 3.05) is 4.90 Å². The number of hydrogen-bond acceptors (Lipinski definition) is 5. The quantitative estimate of drug-likeness (QED) is 0.441. The summed E-state index contributed by atoms with van der Waals surface area (Å²) in [5.74, 6) is -2.46. The molecule has 0 unspecified atom stereocenters. The van der Waals surface area contributed by atoms with Gasteiger partial charge in [0.15, 0.2) is 5.92 Å². The van der Waals surface area contributed by atoms with Crippen molar-refractivity contribution in [3.63, 3.8) is 0 Å². The Kier molecular flexibility index (Phi) is 5.17. The van der Waals surface area contributed by atoms with Crippen molar-refractivity contribution in [1.29, 1.82) is 0 Å². The molecule has 1 aliphatic rings. The zero-order valence-corrected chi connectivity index (χ0v) is 15.1. The number of carbonyl (C=O) groups is 3. The van der Waals surface area contributed by atoms with E-state index in [0.717, 1.165) is 8.47 Å². The summed E-state index contributed by atoms with van der Waals surface area (Å²) in [6.07, 6.45) is 2.90. The Bertz CT molecular complexity index is 837. The van der Waals surface area contributed by atoms with Crippen LogP contribution in [0.5, 0.6) is 0 Å². The highest BCUT2D eigenvalue weighted by atomic mass is 127. The van der Waals surface area contributed by atoms with Crippen LogP contribution in [0.4, 0.5) is 10.5 Å². The second kappa shape index (κ2) is 7.51. The van der Waals surface area contributed by atoms with E-state index in [1.54, 1.807) is 42.6 Å². The Morgan fingerprint density at radius 3 is 2.60 bits per heavy atom. The van der Waals surface area contributed by atoms with Gasteiger partial charge in [0.25, 0.3) is 5.91 Å². The van der Waals surface area contributed by atoms with Gasteiger partial charge in [-0.3, -0.25) is 24.9 Å². The number of pyridine rings is 1. The average molecular weight is 448 g/mol. The van der Waals surface area contributed by atoms with Gasteiger partial charge < -0.3 is 0 Å². The molecule has 3 rings (SSSR count). The summed E-state index contributed by atoms with van der Waals surface area (Å²) in [5.41, 5.74) is 1.12. The first-order valence-corrected chi connectivity index (χ1v) is 8.48. The van der Waals surface area contributed by atoms with Crippen LogP contribution >= 0.6 is 22.6 Å². The molecular formula is C17H13IN4O3. The van der Waals surface area contributed by atoms with Crippen LogP contribution in [0.1, 0.15) is 5.69 Å². The molecule has 1 aromatic heterocycles. The number of aromatic nitrogens is 1. The lowest BCUT2D eigenvalue weighted by atomic mass is 10.1. The lowest BCUT2D eigenvalue weighted by Crippen LogP contribution is -2.58. The number of imide groups is 2. The Labute approximate surface area is 157 Å². The van der Waals surface area contributed by atoms with Crippen molar-refractivity contribution in [3.8, 4) is 0 Å². The number of nitrogens with one attached hydrogen (secondary N) is 1. The fraction of sp³-hybridized carbons (Fsp3) is 0.118. The molecule has 4 amide bonds. The normalized spacial score (nSPS) is 17.9. The zero-order valence-electron chi connectivity index (χ0n) is 12.9. The van der Waals surface area contributed by atoms with E-state index in [2.05, 4.69) is 37.9 Å². The standard InChI is InChI=1S/C17H13IN4O3/c18-11-4-6-13(7-5-11)22-16(24)14(15(23)21-17(22)25)10-19-9-12-3-1-2-8-20-12/h1-8,10,14H,9H2,(H,21,23,25)/t14-/m0/s1. The number of carbonyl (C=O) groups excluding carboxylic acids is 3. The molecular weight excluding hydrogens is 435 g/mol. The molecule has 1 aliphatic heterocycles. The predicted molar refractivity (Wildman–Crippen MR) is 100 cm³/mol. The van der Waals surface area contributed by atoms with E-state index in [1.165, 1.54) is 6.21 Å². The van der Waals surface area contributed by atoms with Gasteiger partial charge in [-0.1, -0.05) is 6.07 Å². The van der Waals surface area contributed by atoms with Gasteiger partial charge in [-0.15, -0.1) is 0 Å². The minimum Gasteiger partial charge on any atom is -0.290 e. The summed E-state index contributed by atoms with van der Waals surface area (Å²) in [4.78, 5) is 45.9. The number of hydrogen-bond donors (Lipinski definition) is 1. The smallest absolute Gasteiger partial charge is 0.290 e. The summed E-state index contributed by atoms with van der Waals surface area (Å²) in [6, 6.07) is 11.5. The molecule has 1 N–H and O–H groups in total. The first-order valence-electron chi connectivity index (χ1n) is 7.40. The molecule has 1 aromatic carbocycles. The molecule has 8 heteroatoms. The van der Waals surface area contributed by atoms with E-state index < -0.39 is 23.8 Å². The minimum absolute atomic E-state index is 0.245. The van der Waals surface area contributed by atoms with E-state index in [4.69, 9.17) is 0 Å². The van der Waals surface area contributed by atoms with E-state index in [1.807, 2.05) is 6.07 Å². The van der Waals surface area contributed by atoms with Crippen LogP contribution in [-0.2, 0) is 16.1 Å². The lowest BCUT2D eigenvalue weighted by molar-refractivity contribution is -0.131. The van der Waals surface area contributed by atoms with Crippen molar-refractivity contribution < 1.29 is 14.4 Å². The number of rotatable bonds is 4. The Morgan fingerprint density at radius 1 is 1.16 bits per heavy atom. The van der Waals surface area contributed by atoms with Crippen molar-refractivity contribution >= 4 is 52.3 Å². The maximum absolute atomic E-state index is 12.6. The highest BCUT2D eigenvalue weighted by Crippen LogP contribution is 2.21. The van der Waals surface area contributed by atoms with Gasteiger partial charge >= 0.3 is 6.03 Å². The highest BCUT2D eigenvalue weighted by Gasteiger charge is 2.40. The molecule has 0 saturated carbocycles. The van der Waals surface area contributed by atoms with Crippen LogP contribution in [0.2, 0.25) is 0 Å². The van der Waals surface area contributed by atoms with Crippen molar-refractivity contribution in [2.24, 2.45) is 10.9 Å². The van der Waals surface area contributed by atoms with Crippen LogP contribution in [0.25, 0.3) is 0 Å². The van der Waals surface area contributed by atoms with Gasteiger partial charge in [0.05, 0.1) is 17.9 Å². The van der Waals surface area contributed by atoms with Gasteiger partial charge in [0.2, 0.25) is 5.91 Å². The third-order valence-electron chi connectivity index (χ3n) is 3.52. The molecule has 0 spiro atoms. The molecule has 2 aromatic rings. The summed E-state index contributed by atoms with van der Waals surface area (Å²) >= 11 is 2.12. The first-order chi connectivity index (χ1) is 12.1. The number of barbiturate groups is 1. The van der Waals surface area contributed by atoms with Crippen LogP contribution in [0.15, 0.2) is 53.7 Å². The fourth-order valence-corrected chi connectivity index (χ4v) is 2.66. The minimum atomic E-state index is -1.15. The van der Waals surface area contributed by atoms with E-state index in [0.29, 0.717) is 11.4 Å². The second-order valence-electron chi connectivity index (χ2n) is 5.23. The summed E-state index contributed by atoms with van der Waals surface area (Å²) in [5, 5.41) is 2.19. The topological polar surface area (TPSA) is 91.7 Å². The van der Waals surface area contributed by atoms with E-state index >= 15 is 0 Å². The zero-order chi connectivity index (χ0) is 17.8. The highest BCUT2D eigenvalue weighted by molar-refractivity contribution is 14.1. The molecule has 0 bridgehead atoms. The van der Waals surface area contributed by atoms with Gasteiger partial charge in [0, 0.05) is 16.0 Å². The fourth-order valence-electron chi connectivity index (χ4n) is 2.30. The van der Waals surface area contributed by atoms with Crippen LogP contribution in [-0.4, -0.2) is 29.0 Å². The Hall–Kier alpha value is -2.62. The molecule has 126 valence electrons. The second-order valence-corrected chi connectivity index (χ2v) is 6.48. The van der Waals surface area contributed by atoms with E-state index in [-0.39, 0.29) is 6.54 Å². The molecule has 25 heavy (non-hydrogen) atoms. The van der Waals surface area contributed by atoms with E-state index in [9.17, 15) is 14.4 Å². The van der Waals surface area contributed by atoms with Crippen LogP contribution < -0.4 is 10.2 Å². The molecule has 7 nitrogen and oxygen atoms in total. The molecule has 0 aliphatic carbocycles. The molecule has 1 atom stereocenters. The summed E-state index contributed by atoms with van der Waals surface area (Å²) in [6.45, 7) is 0.245. The number of benzene rings is 1. The van der Waals surface area contributed by atoms with Gasteiger partial charge in [-0.2, -0.15) is 0 Å². The summed E-state index contributed by atoms with van der Waals surface area (Å²) in [7, 11) is 0. The number of aliphatic imine (C=N–C) groups is 1. The van der Waals surface area contributed by atoms with Crippen LogP contribution in [0.3, 0.4) is 0 Å². The van der Waals surface area contributed by atoms with Crippen molar-refractivity contribution in [2.45, 2.75) is 6.54 Å². The molecule has 1 saturated heterocycles. The third-order valence-corrected chi connectivity index (χ3v) is 4.24. The van der Waals surface area contributed by atoms with Crippen molar-refractivity contribution in [3.05, 3.63) is 57.9 Å². The SMILES string of the molecule is O=C1NC(=O)N(c2ccc(I)cc2)C(=O)[C@H]1C=NCc1ccccn1. The number of urea groups is 1. The molecule has 2 heterocycles. The molecule has 1 fully saturated rings. The van der Waals surface area contributed by atoms with Crippen molar-refractivity contribution in [1.82, 2.24) is 10.3 Å².